The minimum absolute atomic E-state index is 0.0704. The van der Waals surface area contributed by atoms with Gasteiger partial charge in [0.05, 0.1) is 16.6 Å². The van der Waals surface area contributed by atoms with Gasteiger partial charge in [0.15, 0.2) is 0 Å². The van der Waals surface area contributed by atoms with Gasteiger partial charge >= 0.3 is 0 Å². The second kappa shape index (κ2) is 10.2. The first kappa shape index (κ1) is 23.9. The molecule has 2 aromatic rings. The normalized spacial score (nSPS) is 16.0. The standard InChI is InChI=1S/C20H24N4O6S2/c1-13(25)22-23-19(27)17-9-11-31-20(17)21-18(26)14-5-7-16(8-6-14)32(28,29)24(2)12-15-4-3-10-30-15/h5-9,11,15H,3-4,10,12H2,1-2H3,(H,21,26)(H,22,25)(H,23,27). The van der Waals surface area contributed by atoms with E-state index < -0.39 is 27.7 Å². The molecule has 12 heteroatoms. The predicted octanol–water partition coefficient (Wildman–Crippen LogP) is 1.58. The number of sulfonamides is 1. The number of hydrogen-bond donors (Lipinski definition) is 3. The molecule has 0 aliphatic carbocycles. The van der Waals surface area contributed by atoms with Crippen LogP contribution in [0.3, 0.4) is 0 Å². The molecule has 32 heavy (non-hydrogen) atoms. The maximum atomic E-state index is 12.8. The van der Waals surface area contributed by atoms with Crippen molar-refractivity contribution in [1.29, 1.82) is 0 Å². The lowest BCUT2D eigenvalue weighted by atomic mass is 10.2. The van der Waals surface area contributed by atoms with Crippen molar-refractivity contribution in [3.8, 4) is 0 Å². The SMILES string of the molecule is CC(=O)NNC(=O)c1ccsc1NC(=O)c1ccc(S(=O)(=O)N(C)CC2CCCO2)cc1. The number of hydrazine groups is 1. The highest BCUT2D eigenvalue weighted by molar-refractivity contribution is 7.89. The Morgan fingerprint density at radius 2 is 1.84 bits per heavy atom. The Kier molecular flexibility index (Phi) is 7.61. The fraction of sp³-hybridized carbons (Fsp3) is 0.350. The molecule has 0 bridgehead atoms. The van der Waals surface area contributed by atoms with E-state index in [4.69, 9.17) is 4.74 Å². The monoisotopic (exact) mass is 480 g/mol. The molecule has 3 N–H and O–H groups in total. The van der Waals surface area contributed by atoms with E-state index in [2.05, 4.69) is 16.2 Å². The maximum Gasteiger partial charge on any atom is 0.272 e. The highest BCUT2D eigenvalue weighted by atomic mass is 32.2. The number of thiophene rings is 1. The third kappa shape index (κ3) is 5.71. The summed E-state index contributed by atoms with van der Waals surface area (Å²) in [6.45, 7) is 2.16. The second-order valence-electron chi connectivity index (χ2n) is 7.20. The number of carbonyl (C=O) groups excluding carboxylic acids is 3. The Hall–Kier alpha value is -2.80. The van der Waals surface area contributed by atoms with Gasteiger partial charge in [0.1, 0.15) is 5.00 Å². The number of anilines is 1. The van der Waals surface area contributed by atoms with E-state index >= 15 is 0 Å². The van der Waals surface area contributed by atoms with E-state index in [-0.39, 0.29) is 28.7 Å². The second-order valence-corrected chi connectivity index (χ2v) is 10.2. The molecule has 1 unspecified atom stereocenters. The number of amides is 3. The highest BCUT2D eigenvalue weighted by Gasteiger charge is 2.26. The van der Waals surface area contributed by atoms with Crippen LogP contribution in [0, 0.1) is 0 Å². The Morgan fingerprint density at radius 3 is 2.47 bits per heavy atom. The minimum Gasteiger partial charge on any atom is -0.377 e. The summed E-state index contributed by atoms with van der Waals surface area (Å²) in [5, 5.41) is 4.55. The van der Waals surface area contributed by atoms with Gasteiger partial charge in [-0.15, -0.1) is 11.3 Å². The molecule has 1 aromatic carbocycles. The maximum absolute atomic E-state index is 12.8. The Labute approximate surface area is 190 Å². The van der Waals surface area contributed by atoms with Crippen LogP contribution in [0.4, 0.5) is 5.00 Å². The molecule has 3 amide bonds. The van der Waals surface area contributed by atoms with E-state index in [9.17, 15) is 22.8 Å². The fourth-order valence-electron chi connectivity index (χ4n) is 3.10. The topological polar surface area (TPSA) is 134 Å². The van der Waals surface area contributed by atoms with Crippen LogP contribution in [0.25, 0.3) is 0 Å². The molecule has 1 aliphatic rings. The zero-order chi connectivity index (χ0) is 23.3. The van der Waals surface area contributed by atoms with Gasteiger partial charge < -0.3 is 10.1 Å². The number of hydrogen-bond acceptors (Lipinski definition) is 7. The molecule has 1 fully saturated rings. The lowest BCUT2D eigenvalue weighted by Gasteiger charge is -2.20. The molecule has 1 atom stereocenters. The predicted molar refractivity (Wildman–Crippen MR) is 119 cm³/mol. The summed E-state index contributed by atoms with van der Waals surface area (Å²) < 4.78 is 32.3. The molecule has 1 aromatic heterocycles. The Bertz CT molecular complexity index is 1090. The van der Waals surface area contributed by atoms with Gasteiger partial charge in [0.25, 0.3) is 11.8 Å². The molecule has 10 nitrogen and oxygen atoms in total. The van der Waals surface area contributed by atoms with Gasteiger partial charge in [-0.1, -0.05) is 0 Å². The van der Waals surface area contributed by atoms with Crippen molar-refractivity contribution in [1.82, 2.24) is 15.2 Å². The summed E-state index contributed by atoms with van der Waals surface area (Å²) >= 11 is 1.14. The number of likely N-dealkylation sites (N-methyl/N-ethyl adjacent to an activating group) is 1. The molecule has 0 saturated carbocycles. The van der Waals surface area contributed by atoms with Gasteiger partial charge in [0.2, 0.25) is 15.9 Å². The number of nitrogens with zero attached hydrogens (tertiary/aromatic N) is 1. The number of benzene rings is 1. The lowest BCUT2D eigenvalue weighted by molar-refractivity contribution is -0.119. The van der Waals surface area contributed by atoms with Crippen molar-refractivity contribution in [2.75, 3.05) is 25.5 Å². The first-order valence-corrected chi connectivity index (χ1v) is 12.1. The van der Waals surface area contributed by atoms with Gasteiger partial charge in [-0.3, -0.25) is 25.2 Å². The van der Waals surface area contributed by atoms with Crippen LogP contribution in [0.15, 0.2) is 40.6 Å². The Balaban J connectivity index is 1.66. The number of nitrogens with one attached hydrogen (secondary N) is 3. The van der Waals surface area contributed by atoms with Crippen molar-refractivity contribution in [2.24, 2.45) is 0 Å². The van der Waals surface area contributed by atoms with Gasteiger partial charge in [-0.25, -0.2) is 8.42 Å². The van der Waals surface area contributed by atoms with Crippen LogP contribution in [0.1, 0.15) is 40.5 Å². The summed E-state index contributed by atoms with van der Waals surface area (Å²) in [5.74, 6) is -1.51. The third-order valence-electron chi connectivity index (χ3n) is 4.80. The minimum atomic E-state index is -3.71. The first-order chi connectivity index (χ1) is 15.2. The molecular formula is C20H24N4O6S2. The quantitative estimate of drug-likeness (QED) is 0.515. The molecule has 1 aliphatic heterocycles. The van der Waals surface area contributed by atoms with Crippen LogP contribution in [0.2, 0.25) is 0 Å². The third-order valence-corrected chi connectivity index (χ3v) is 7.47. The summed E-state index contributed by atoms with van der Waals surface area (Å²) in [6, 6.07) is 7.07. The summed E-state index contributed by atoms with van der Waals surface area (Å²) in [5.41, 5.74) is 4.83. The average molecular weight is 481 g/mol. The van der Waals surface area contributed by atoms with E-state index in [1.807, 2.05) is 0 Å². The number of rotatable bonds is 7. The fourth-order valence-corrected chi connectivity index (χ4v) is 5.09. The van der Waals surface area contributed by atoms with Crippen LogP contribution in [0.5, 0.6) is 0 Å². The molecule has 172 valence electrons. The molecule has 0 radical (unpaired) electrons. The van der Waals surface area contributed by atoms with Gasteiger partial charge in [-0.05, 0) is 48.6 Å². The van der Waals surface area contributed by atoms with E-state index in [1.165, 1.54) is 48.6 Å². The van der Waals surface area contributed by atoms with Crippen molar-refractivity contribution in [3.63, 3.8) is 0 Å². The summed E-state index contributed by atoms with van der Waals surface area (Å²) in [6.07, 6.45) is 1.64. The molecule has 2 heterocycles. The van der Waals surface area contributed by atoms with Crippen molar-refractivity contribution in [2.45, 2.75) is 30.8 Å². The average Bonchev–Trinajstić information content (AvgIpc) is 3.44. The number of ether oxygens (including phenoxy) is 1. The van der Waals surface area contributed by atoms with Crippen LogP contribution >= 0.6 is 11.3 Å². The Morgan fingerprint density at radius 1 is 1.12 bits per heavy atom. The van der Waals surface area contributed by atoms with Crippen LogP contribution < -0.4 is 16.2 Å². The highest BCUT2D eigenvalue weighted by Crippen LogP contribution is 2.24. The van der Waals surface area contributed by atoms with Gasteiger partial charge in [0, 0.05) is 32.7 Å². The molecular weight excluding hydrogens is 456 g/mol. The van der Waals surface area contributed by atoms with Crippen molar-refractivity contribution >= 4 is 44.1 Å². The van der Waals surface area contributed by atoms with Crippen LogP contribution in [-0.2, 0) is 19.6 Å². The smallest absolute Gasteiger partial charge is 0.272 e. The zero-order valence-corrected chi connectivity index (χ0v) is 19.2. The molecule has 3 rings (SSSR count). The summed E-state index contributed by atoms with van der Waals surface area (Å²) in [7, 11) is -2.21. The van der Waals surface area contributed by atoms with E-state index in [0.717, 1.165) is 24.2 Å². The summed E-state index contributed by atoms with van der Waals surface area (Å²) in [4.78, 5) is 35.8. The largest absolute Gasteiger partial charge is 0.377 e. The van der Waals surface area contributed by atoms with E-state index in [0.29, 0.717) is 11.6 Å². The lowest BCUT2D eigenvalue weighted by Crippen LogP contribution is -2.40. The number of carbonyl (C=O) groups is 3. The van der Waals surface area contributed by atoms with Crippen molar-refractivity contribution < 1.29 is 27.5 Å². The van der Waals surface area contributed by atoms with E-state index in [1.54, 1.807) is 5.38 Å². The van der Waals surface area contributed by atoms with Crippen LogP contribution in [-0.4, -0.2) is 56.7 Å². The first-order valence-electron chi connectivity index (χ1n) is 9.82. The van der Waals surface area contributed by atoms with Gasteiger partial charge in [-0.2, -0.15) is 4.31 Å². The molecule has 1 saturated heterocycles. The zero-order valence-electron chi connectivity index (χ0n) is 17.6. The molecule has 0 spiro atoms. The van der Waals surface area contributed by atoms with Crippen molar-refractivity contribution in [3.05, 3.63) is 46.8 Å².